The highest BCUT2D eigenvalue weighted by Crippen LogP contribution is 2.38. The predicted molar refractivity (Wildman–Crippen MR) is 102 cm³/mol. The van der Waals surface area contributed by atoms with Crippen LogP contribution >= 0.6 is 0 Å². The zero-order valence-corrected chi connectivity index (χ0v) is 15.5. The van der Waals surface area contributed by atoms with E-state index in [0.29, 0.717) is 0 Å². The molecule has 9 heteroatoms. The number of carbonyl (C=O) groups excluding carboxylic acids is 2. The number of ether oxygens (including phenoxy) is 3. The summed E-state index contributed by atoms with van der Waals surface area (Å²) in [6.07, 6.45) is 0. The fraction of sp³-hybridized carbons (Fsp3) is 0.0476. The summed E-state index contributed by atoms with van der Waals surface area (Å²) in [6.45, 7) is 0. The standard InChI is InChI=1S/C21H16O9/c1-28-17-3-2-4-18(29-20(26)11-5-13(22)9-14(23)6-11)19(17)30-21(27)12-7-15(24)10-16(25)8-12/h2-10,22-25H,1H3. The lowest BCUT2D eigenvalue weighted by atomic mass is 10.2. The first-order valence-electron chi connectivity index (χ1n) is 8.44. The van der Waals surface area contributed by atoms with Crippen LogP contribution in [0, 0.1) is 0 Å². The molecule has 0 saturated heterocycles. The van der Waals surface area contributed by atoms with E-state index in [1.54, 1.807) is 0 Å². The Kier molecular flexibility index (Phi) is 5.63. The summed E-state index contributed by atoms with van der Waals surface area (Å²) in [6, 6.07) is 10.7. The minimum Gasteiger partial charge on any atom is -0.508 e. The van der Waals surface area contributed by atoms with Crippen LogP contribution in [0.1, 0.15) is 20.7 Å². The maximum Gasteiger partial charge on any atom is 0.344 e. The molecule has 0 atom stereocenters. The fourth-order valence-electron chi connectivity index (χ4n) is 2.57. The zero-order valence-electron chi connectivity index (χ0n) is 15.5. The van der Waals surface area contributed by atoms with Gasteiger partial charge in [0.15, 0.2) is 11.5 Å². The molecule has 0 radical (unpaired) electrons. The van der Waals surface area contributed by atoms with Gasteiger partial charge in [-0.05, 0) is 36.4 Å². The quantitative estimate of drug-likeness (QED) is 0.367. The van der Waals surface area contributed by atoms with Crippen molar-refractivity contribution < 1.29 is 44.2 Å². The number of phenols is 4. The molecule has 30 heavy (non-hydrogen) atoms. The molecule has 0 aliphatic carbocycles. The number of rotatable bonds is 5. The van der Waals surface area contributed by atoms with Crippen molar-refractivity contribution in [2.45, 2.75) is 0 Å². The molecule has 0 saturated carbocycles. The summed E-state index contributed by atoms with van der Waals surface area (Å²) in [7, 11) is 1.31. The number of hydrogen-bond donors (Lipinski definition) is 4. The number of hydrogen-bond acceptors (Lipinski definition) is 9. The number of benzene rings is 3. The van der Waals surface area contributed by atoms with Gasteiger partial charge in [0.05, 0.1) is 18.2 Å². The van der Waals surface area contributed by atoms with Crippen LogP contribution in [0.2, 0.25) is 0 Å². The van der Waals surface area contributed by atoms with Crippen molar-refractivity contribution in [2.75, 3.05) is 7.11 Å². The summed E-state index contributed by atoms with van der Waals surface area (Å²) in [5.74, 6) is -3.64. The van der Waals surface area contributed by atoms with Gasteiger partial charge in [-0.3, -0.25) is 0 Å². The first-order chi connectivity index (χ1) is 14.3. The van der Waals surface area contributed by atoms with Gasteiger partial charge in [0.1, 0.15) is 23.0 Å². The first-order valence-corrected chi connectivity index (χ1v) is 8.44. The fourth-order valence-corrected chi connectivity index (χ4v) is 2.57. The van der Waals surface area contributed by atoms with Crippen LogP contribution in [0.15, 0.2) is 54.6 Å². The topological polar surface area (TPSA) is 143 Å². The Hall–Kier alpha value is -4.40. The maximum absolute atomic E-state index is 12.5. The Morgan fingerprint density at radius 2 is 1.10 bits per heavy atom. The van der Waals surface area contributed by atoms with E-state index in [1.807, 2.05) is 0 Å². The summed E-state index contributed by atoms with van der Waals surface area (Å²) >= 11 is 0. The molecule has 0 heterocycles. The predicted octanol–water partition coefficient (Wildman–Crippen LogP) is 2.96. The van der Waals surface area contributed by atoms with Crippen LogP contribution in [0.3, 0.4) is 0 Å². The van der Waals surface area contributed by atoms with Crippen molar-refractivity contribution in [3.8, 4) is 40.2 Å². The Morgan fingerprint density at radius 3 is 1.57 bits per heavy atom. The lowest BCUT2D eigenvalue weighted by molar-refractivity contribution is 0.0677. The third-order valence-electron chi connectivity index (χ3n) is 3.84. The second-order valence-electron chi connectivity index (χ2n) is 6.04. The van der Waals surface area contributed by atoms with Crippen LogP contribution in [0.25, 0.3) is 0 Å². The minimum atomic E-state index is -0.960. The normalized spacial score (nSPS) is 10.3. The molecule has 0 spiro atoms. The third kappa shape index (κ3) is 4.53. The van der Waals surface area contributed by atoms with Crippen LogP contribution in [0.5, 0.6) is 40.2 Å². The van der Waals surface area contributed by atoms with Crippen LogP contribution in [-0.2, 0) is 0 Å². The van der Waals surface area contributed by atoms with Gasteiger partial charge in [-0.15, -0.1) is 0 Å². The van der Waals surface area contributed by atoms with Gasteiger partial charge in [-0.25, -0.2) is 9.59 Å². The van der Waals surface area contributed by atoms with Crippen molar-refractivity contribution in [2.24, 2.45) is 0 Å². The van der Waals surface area contributed by atoms with Gasteiger partial charge >= 0.3 is 11.9 Å². The van der Waals surface area contributed by atoms with Gasteiger partial charge in [0.25, 0.3) is 0 Å². The molecule has 0 aliphatic heterocycles. The van der Waals surface area contributed by atoms with E-state index >= 15 is 0 Å². The van der Waals surface area contributed by atoms with Gasteiger partial charge in [-0.2, -0.15) is 0 Å². The molecule has 0 bridgehead atoms. The van der Waals surface area contributed by atoms with E-state index in [4.69, 9.17) is 14.2 Å². The number of aromatic hydroxyl groups is 4. The van der Waals surface area contributed by atoms with Crippen molar-refractivity contribution in [1.29, 1.82) is 0 Å². The molecule has 9 nitrogen and oxygen atoms in total. The maximum atomic E-state index is 12.5. The lowest BCUT2D eigenvalue weighted by Gasteiger charge is -2.14. The molecule has 3 aromatic rings. The summed E-state index contributed by atoms with van der Waals surface area (Å²) in [5.41, 5.74) is -0.306. The third-order valence-corrected chi connectivity index (χ3v) is 3.84. The smallest absolute Gasteiger partial charge is 0.344 e. The lowest BCUT2D eigenvalue weighted by Crippen LogP contribution is -2.13. The average molecular weight is 412 g/mol. The average Bonchev–Trinajstić information content (AvgIpc) is 2.67. The Labute approximate surface area is 169 Å². The van der Waals surface area contributed by atoms with E-state index < -0.39 is 11.9 Å². The highest BCUT2D eigenvalue weighted by molar-refractivity contribution is 5.94. The summed E-state index contributed by atoms with van der Waals surface area (Å²) in [5, 5.41) is 38.2. The molecule has 0 aromatic heterocycles. The first kappa shape index (κ1) is 20.3. The largest absolute Gasteiger partial charge is 0.508 e. The molecule has 0 fully saturated rings. The number of para-hydroxylation sites is 1. The van der Waals surface area contributed by atoms with Crippen molar-refractivity contribution in [3.05, 3.63) is 65.7 Å². The molecule has 0 unspecified atom stereocenters. The number of methoxy groups -OCH3 is 1. The number of carbonyl (C=O) groups is 2. The van der Waals surface area contributed by atoms with E-state index in [1.165, 1.54) is 25.3 Å². The molecular formula is C21H16O9. The second-order valence-corrected chi connectivity index (χ2v) is 6.04. The monoisotopic (exact) mass is 412 g/mol. The van der Waals surface area contributed by atoms with Crippen LogP contribution < -0.4 is 14.2 Å². The van der Waals surface area contributed by atoms with E-state index in [-0.39, 0.29) is 51.4 Å². The molecule has 0 aliphatic rings. The Bertz CT molecular complexity index is 1080. The summed E-state index contributed by atoms with van der Waals surface area (Å²) in [4.78, 5) is 24.9. The number of phenolic OH excluding ortho intramolecular Hbond substituents is 4. The van der Waals surface area contributed by atoms with Crippen LogP contribution in [0.4, 0.5) is 0 Å². The van der Waals surface area contributed by atoms with E-state index in [9.17, 15) is 30.0 Å². The second kappa shape index (κ2) is 8.31. The van der Waals surface area contributed by atoms with Gasteiger partial charge in [-0.1, -0.05) is 6.07 Å². The molecule has 3 aromatic carbocycles. The van der Waals surface area contributed by atoms with Crippen molar-refractivity contribution in [3.63, 3.8) is 0 Å². The molecule has 154 valence electrons. The molecule has 3 rings (SSSR count). The highest BCUT2D eigenvalue weighted by atomic mass is 16.6. The molecule has 4 N–H and O–H groups in total. The minimum absolute atomic E-state index is 0.0665. The van der Waals surface area contributed by atoms with Crippen molar-refractivity contribution >= 4 is 11.9 Å². The summed E-state index contributed by atoms with van der Waals surface area (Å²) < 4.78 is 15.7. The van der Waals surface area contributed by atoms with Crippen LogP contribution in [-0.4, -0.2) is 39.5 Å². The van der Waals surface area contributed by atoms with Gasteiger partial charge in [0.2, 0.25) is 5.75 Å². The molecular weight excluding hydrogens is 396 g/mol. The zero-order chi connectivity index (χ0) is 21.8. The van der Waals surface area contributed by atoms with E-state index in [2.05, 4.69) is 0 Å². The number of esters is 2. The molecule has 0 amide bonds. The Balaban J connectivity index is 1.93. The van der Waals surface area contributed by atoms with Gasteiger partial charge < -0.3 is 34.6 Å². The van der Waals surface area contributed by atoms with Crippen molar-refractivity contribution in [1.82, 2.24) is 0 Å². The SMILES string of the molecule is COc1cccc(OC(=O)c2cc(O)cc(O)c2)c1OC(=O)c1cc(O)cc(O)c1. The van der Waals surface area contributed by atoms with Gasteiger partial charge in [0, 0.05) is 12.1 Å². The van der Waals surface area contributed by atoms with E-state index in [0.717, 1.165) is 36.4 Å². The highest BCUT2D eigenvalue weighted by Gasteiger charge is 2.21. The Morgan fingerprint density at radius 1 is 0.667 bits per heavy atom.